The number of rotatable bonds is 7. The molecule has 2 atom stereocenters. The van der Waals surface area contributed by atoms with E-state index in [0.29, 0.717) is 6.08 Å². The molecule has 0 heterocycles. The Kier molecular flexibility index (Phi) is 6.79. The molecule has 9 heteroatoms. The van der Waals surface area contributed by atoms with Gasteiger partial charge in [0, 0.05) is 18.7 Å². The molecule has 0 bridgehead atoms. The van der Waals surface area contributed by atoms with Gasteiger partial charge >= 0.3 is 11.9 Å². The van der Waals surface area contributed by atoms with E-state index in [9.17, 15) is 24.2 Å². The lowest BCUT2D eigenvalue weighted by Crippen LogP contribution is -2.14. The maximum absolute atomic E-state index is 11.7. The van der Waals surface area contributed by atoms with Gasteiger partial charge in [0.1, 0.15) is 0 Å². The third-order valence-corrected chi connectivity index (χ3v) is 4.26. The molecule has 0 aromatic heterocycles. The number of carboxylic acids is 1. The molecule has 0 spiro atoms. The molecule has 104 valence electrons. The van der Waals surface area contributed by atoms with Crippen LogP contribution in [0.3, 0.4) is 0 Å². The molecule has 0 aliphatic carbocycles. The molecule has 5 N–H and O–H groups in total. The first-order valence-corrected chi connectivity index (χ1v) is 6.92. The van der Waals surface area contributed by atoms with Crippen LogP contribution in [0, 0.1) is 0 Å². The SMILES string of the molecule is C/C(=C\C(=O)O)[C@@H](O)P(=O)(O)CCCC(=O)ON. The van der Waals surface area contributed by atoms with Crippen LogP contribution in [-0.2, 0) is 19.0 Å². The van der Waals surface area contributed by atoms with Crippen LogP contribution in [0.25, 0.3) is 0 Å². The van der Waals surface area contributed by atoms with Gasteiger partial charge in [0.25, 0.3) is 0 Å². The molecule has 0 aliphatic rings. The van der Waals surface area contributed by atoms with Crippen LogP contribution < -0.4 is 5.90 Å². The molecule has 0 saturated heterocycles. The Labute approximate surface area is 103 Å². The molecule has 18 heavy (non-hydrogen) atoms. The zero-order chi connectivity index (χ0) is 14.3. The summed E-state index contributed by atoms with van der Waals surface area (Å²) in [5, 5.41) is 18.0. The topological polar surface area (TPSA) is 147 Å². The van der Waals surface area contributed by atoms with E-state index in [0.717, 1.165) is 0 Å². The van der Waals surface area contributed by atoms with Crippen molar-refractivity contribution in [2.45, 2.75) is 25.6 Å². The molecule has 1 unspecified atom stereocenters. The third-order valence-electron chi connectivity index (χ3n) is 2.13. The van der Waals surface area contributed by atoms with E-state index in [-0.39, 0.29) is 24.6 Å². The van der Waals surface area contributed by atoms with Crippen LogP contribution in [0.2, 0.25) is 0 Å². The van der Waals surface area contributed by atoms with Crippen LogP contribution in [-0.4, -0.2) is 39.1 Å². The van der Waals surface area contributed by atoms with Gasteiger partial charge in [0.05, 0.1) is 0 Å². The Bertz CT molecular complexity index is 392. The maximum Gasteiger partial charge on any atom is 0.328 e. The van der Waals surface area contributed by atoms with Crippen LogP contribution >= 0.6 is 7.37 Å². The fraction of sp³-hybridized carbons (Fsp3) is 0.556. The Balaban J connectivity index is 4.49. The molecule has 0 radical (unpaired) electrons. The summed E-state index contributed by atoms with van der Waals surface area (Å²) < 4.78 is 11.7. The number of hydrogen-bond donors (Lipinski definition) is 4. The van der Waals surface area contributed by atoms with Gasteiger partial charge in [0.15, 0.2) is 5.85 Å². The van der Waals surface area contributed by atoms with Crippen molar-refractivity contribution in [2.24, 2.45) is 5.90 Å². The van der Waals surface area contributed by atoms with Crippen molar-refractivity contribution in [3.05, 3.63) is 11.6 Å². The summed E-state index contributed by atoms with van der Waals surface area (Å²) in [5.74, 6) is 0.763. The van der Waals surface area contributed by atoms with E-state index >= 15 is 0 Å². The van der Waals surface area contributed by atoms with Gasteiger partial charge in [-0.25, -0.2) is 4.79 Å². The summed E-state index contributed by atoms with van der Waals surface area (Å²) in [6, 6.07) is 0. The molecule has 0 rings (SSSR count). The van der Waals surface area contributed by atoms with Crippen molar-refractivity contribution >= 4 is 19.3 Å². The van der Waals surface area contributed by atoms with Gasteiger partial charge in [-0.15, -0.1) is 0 Å². The molecule has 0 amide bonds. The first-order valence-electron chi connectivity index (χ1n) is 5.01. The molecular formula is C9H16NO7P. The van der Waals surface area contributed by atoms with Gasteiger partial charge < -0.3 is 19.9 Å². The number of hydrogen-bond acceptors (Lipinski definition) is 6. The van der Waals surface area contributed by atoms with Crippen molar-refractivity contribution in [3.8, 4) is 0 Å². The molecule has 0 aromatic carbocycles. The fourth-order valence-corrected chi connectivity index (χ4v) is 2.79. The number of carbonyl (C=O) groups is 2. The zero-order valence-electron chi connectivity index (χ0n) is 9.78. The van der Waals surface area contributed by atoms with Crippen molar-refractivity contribution in [2.75, 3.05) is 6.16 Å². The van der Waals surface area contributed by atoms with Crippen molar-refractivity contribution in [1.82, 2.24) is 0 Å². The minimum absolute atomic E-state index is 0.00121. The van der Waals surface area contributed by atoms with Gasteiger partial charge in [-0.05, 0) is 18.9 Å². The molecule has 0 fully saturated rings. The van der Waals surface area contributed by atoms with Crippen molar-refractivity contribution < 1.29 is 34.1 Å². The minimum atomic E-state index is -3.99. The third kappa shape index (κ3) is 5.92. The second kappa shape index (κ2) is 7.27. The molecule has 0 aliphatic heterocycles. The van der Waals surface area contributed by atoms with Gasteiger partial charge in [-0.3, -0.25) is 9.36 Å². The summed E-state index contributed by atoms with van der Waals surface area (Å²) in [6.45, 7) is 1.23. The second-order valence-electron chi connectivity index (χ2n) is 3.67. The lowest BCUT2D eigenvalue weighted by Gasteiger charge is -2.18. The molecule has 0 aromatic rings. The average Bonchev–Trinajstić information content (AvgIpc) is 2.26. The number of aliphatic hydroxyl groups is 1. The molecule has 8 nitrogen and oxygen atoms in total. The number of aliphatic hydroxyl groups excluding tert-OH is 1. The normalized spacial score (nSPS) is 16.8. The number of carboxylic acid groups (broad SMARTS) is 1. The monoisotopic (exact) mass is 281 g/mol. The van der Waals surface area contributed by atoms with Crippen molar-refractivity contribution in [1.29, 1.82) is 0 Å². The predicted octanol–water partition coefficient (Wildman–Crippen LogP) is -0.197. The first kappa shape index (κ1) is 16.8. The summed E-state index contributed by atoms with van der Waals surface area (Å²) in [7, 11) is -3.99. The van der Waals surface area contributed by atoms with Crippen LogP contribution in [0.15, 0.2) is 11.6 Å². The van der Waals surface area contributed by atoms with Crippen molar-refractivity contribution in [3.63, 3.8) is 0 Å². The second-order valence-corrected chi connectivity index (χ2v) is 6.12. The highest BCUT2D eigenvalue weighted by Crippen LogP contribution is 2.48. The standard InChI is InChI=1S/C9H16NO7P/c1-6(5-7(11)12)9(14)18(15,16)4-2-3-8(13)17-10/h5,9,14H,2-4,10H2,1H3,(H,11,12)(H,15,16)/b6-5+/t9-/m0/s1. The Morgan fingerprint density at radius 3 is 2.50 bits per heavy atom. The highest BCUT2D eigenvalue weighted by molar-refractivity contribution is 7.58. The summed E-state index contributed by atoms with van der Waals surface area (Å²) >= 11 is 0. The first-order chi connectivity index (χ1) is 8.20. The maximum atomic E-state index is 11.7. The lowest BCUT2D eigenvalue weighted by molar-refractivity contribution is -0.144. The predicted molar refractivity (Wildman–Crippen MR) is 61.6 cm³/mol. The van der Waals surface area contributed by atoms with E-state index < -0.39 is 25.2 Å². The fourth-order valence-electron chi connectivity index (χ4n) is 1.22. The van der Waals surface area contributed by atoms with Gasteiger partial charge in [-0.1, -0.05) is 0 Å². The summed E-state index contributed by atoms with van der Waals surface area (Å²) in [5.41, 5.74) is -0.130. The van der Waals surface area contributed by atoms with Gasteiger partial charge in [0.2, 0.25) is 7.37 Å². The number of nitrogens with two attached hydrogens (primary N) is 1. The van der Waals surface area contributed by atoms with E-state index in [4.69, 9.17) is 5.11 Å². The van der Waals surface area contributed by atoms with E-state index in [1.165, 1.54) is 6.92 Å². The van der Waals surface area contributed by atoms with E-state index in [2.05, 4.69) is 10.7 Å². The quantitative estimate of drug-likeness (QED) is 0.285. The Morgan fingerprint density at radius 1 is 1.50 bits per heavy atom. The minimum Gasteiger partial charge on any atom is -0.478 e. The zero-order valence-corrected chi connectivity index (χ0v) is 10.7. The van der Waals surface area contributed by atoms with Crippen LogP contribution in [0.1, 0.15) is 19.8 Å². The Morgan fingerprint density at radius 2 is 2.06 bits per heavy atom. The number of carbonyl (C=O) groups excluding carboxylic acids is 1. The summed E-state index contributed by atoms with van der Waals surface area (Å²) in [6.07, 6.45) is 0.159. The summed E-state index contributed by atoms with van der Waals surface area (Å²) in [4.78, 5) is 34.4. The largest absolute Gasteiger partial charge is 0.478 e. The van der Waals surface area contributed by atoms with E-state index in [1.54, 1.807) is 0 Å². The van der Waals surface area contributed by atoms with E-state index in [1.807, 2.05) is 0 Å². The Hall–Kier alpha value is -1.21. The lowest BCUT2D eigenvalue weighted by atomic mass is 10.3. The smallest absolute Gasteiger partial charge is 0.328 e. The highest BCUT2D eigenvalue weighted by Gasteiger charge is 2.30. The average molecular weight is 281 g/mol. The van der Waals surface area contributed by atoms with Gasteiger partial charge in [-0.2, -0.15) is 5.90 Å². The molecular weight excluding hydrogens is 265 g/mol. The van der Waals surface area contributed by atoms with Crippen LogP contribution in [0.4, 0.5) is 0 Å². The molecule has 0 saturated carbocycles. The highest BCUT2D eigenvalue weighted by atomic mass is 31.2. The van der Waals surface area contributed by atoms with Crippen LogP contribution in [0.5, 0.6) is 0 Å². The number of aliphatic carboxylic acids is 1.